The van der Waals surface area contributed by atoms with Crippen molar-refractivity contribution in [1.82, 2.24) is 4.98 Å². The molecule has 0 bridgehead atoms. The van der Waals surface area contributed by atoms with Crippen molar-refractivity contribution in [3.8, 4) is 11.4 Å². The van der Waals surface area contributed by atoms with Gasteiger partial charge in [-0.3, -0.25) is 0 Å². The summed E-state index contributed by atoms with van der Waals surface area (Å²) in [7, 11) is 5.75. The second-order valence-corrected chi connectivity index (χ2v) is 7.42. The van der Waals surface area contributed by atoms with Crippen LogP contribution in [0.1, 0.15) is 6.42 Å². The topological polar surface area (TPSA) is 61.5 Å². The van der Waals surface area contributed by atoms with Gasteiger partial charge in [-0.1, -0.05) is 0 Å². The third-order valence-electron chi connectivity index (χ3n) is 5.17. The Bertz CT molecular complexity index is 1180. The van der Waals surface area contributed by atoms with Crippen LogP contribution in [0, 0.1) is 0 Å². The zero-order valence-electron chi connectivity index (χ0n) is 18.0. The lowest BCUT2D eigenvalue weighted by molar-refractivity contribution is -0.538. The number of methoxy groups -OCH3 is 1. The largest absolute Gasteiger partial charge is 1.00 e. The summed E-state index contributed by atoms with van der Waals surface area (Å²) in [6.45, 7) is 0.891. The lowest BCUT2D eigenvalue weighted by Gasteiger charge is -2.13. The molecule has 0 unspecified atom stereocenters. The van der Waals surface area contributed by atoms with Gasteiger partial charge in [-0.05, 0) is 42.8 Å². The molecule has 162 valence electrons. The molecule has 4 aromatic rings. The number of rotatable bonds is 7. The first-order valence-corrected chi connectivity index (χ1v) is 10.1. The third-order valence-corrected chi connectivity index (χ3v) is 5.17. The molecule has 6 nitrogen and oxygen atoms in total. The lowest BCUT2D eigenvalue weighted by atomic mass is 10.1. The fraction of sp³-hybridized carbons (Fsp3) is 0.250. The van der Waals surface area contributed by atoms with Gasteiger partial charge in [0.05, 0.1) is 7.11 Å². The molecular formula is C24H27IN4O2. The van der Waals surface area contributed by atoms with Gasteiger partial charge >= 0.3 is 0 Å². The summed E-state index contributed by atoms with van der Waals surface area (Å²) in [5, 5.41) is 12.5. The highest BCUT2D eigenvalue weighted by molar-refractivity contribution is 5.86. The molecule has 1 aromatic heterocycles. The van der Waals surface area contributed by atoms with Crippen LogP contribution in [0.25, 0.3) is 27.8 Å². The van der Waals surface area contributed by atoms with E-state index in [2.05, 4.69) is 51.2 Å². The second kappa shape index (κ2) is 10.1. The average Bonchev–Trinajstić information content (AvgIpc) is 2.77. The van der Waals surface area contributed by atoms with E-state index in [4.69, 9.17) is 14.8 Å². The van der Waals surface area contributed by atoms with Gasteiger partial charge in [0.1, 0.15) is 16.8 Å². The van der Waals surface area contributed by atoms with Crippen molar-refractivity contribution in [2.75, 3.05) is 44.6 Å². The van der Waals surface area contributed by atoms with Crippen molar-refractivity contribution < 1.29 is 38.4 Å². The average molecular weight is 530 g/mol. The Labute approximate surface area is 199 Å². The van der Waals surface area contributed by atoms with Crippen molar-refractivity contribution in [2.24, 2.45) is 0 Å². The summed E-state index contributed by atoms with van der Waals surface area (Å²) >= 11 is 0. The minimum Gasteiger partial charge on any atom is -1.00 e. The van der Waals surface area contributed by atoms with Crippen LogP contribution in [-0.4, -0.2) is 44.4 Å². The molecule has 0 saturated heterocycles. The minimum absolute atomic E-state index is 0. The first-order valence-electron chi connectivity index (χ1n) is 10.1. The van der Waals surface area contributed by atoms with E-state index in [1.165, 1.54) is 0 Å². The van der Waals surface area contributed by atoms with Crippen LogP contribution >= 0.6 is 0 Å². The van der Waals surface area contributed by atoms with E-state index in [-0.39, 0.29) is 30.6 Å². The van der Waals surface area contributed by atoms with Gasteiger partial charge in [-0.15, -0.1) is 4.57 Å². The molecule has 0 aliphatic heterocycles. The lowest BCUT2D eigenvalue weighted by Crippen LogP contribution is -3.00. The molecule has 0 atom stereocenters. The van der Waals surface area contributed by atoms with E-state index in [9.17, 15) is 0 Å². The van der Waals surface area contributed by atoms with Gasteiger partial charge in [0.2, 0.25) is 16.7 Å². The Morgan fingerprint density at radius 3 is 2.29 bits per heavy atom. The minimum atomic E-state index is 0. The van der Waals surface area contributed by atoms with E-state index in [1.807, 2.05) is 38.4 Å². The molecule has 1 heterocycles. The van der Waals surface area contributed by atoms with Crippen molar-refractivity contribution in [1.29, 1.82) is 0 Å². The SMILES string of the molecule is COc1ccc(-[n+]2c3cc(NCCCO)ccc3nc3ccc(N(C)C)cc32)cc1.[I-]. The summed E-state index contributed by atoms with van der Waals surface area (Å²) in [6, 6.07) is 20.6. The molecule has 31 heavy (non-hydrogen) atoms. The molecule has 0 saturated carbocycles. The van der Waals surface area contributed by atoms with Gasteiger partial charge in [-0.25, -0.2) is 4.98 Å². The maximum atomic E-state index is 9.07. The number of aromatic nitrogens is 2. The summed E-state index contributed by atoms with van der Waals surface area (Å²) in [5.41, 5.74) is 7.06. The fourth-order valence-corrected chi connectivity index (χ4v) is 3.55. The number of aliphatic hydroxyl groups excluding tert-OH is 1. The van der Waals surface area contributed by atoms with Crippen LogP contribution in [0.15, 0.2) is 60.7 Å². The highest BCUT2D eigenvalue weighted by Gasteiger charge is 2.21. The van der Waals surface area contributed by atoms with Gasteiger partial charge in [0, 0.05) is 62.9 Å². The number of nitrogens with zero attached hydrogens (tertiary/aromatic N) is 3. The number of ether oxygens (including phenoxy) is 1. The van der Waals surface area contributed by atoms with Gasteiger partial charge < -0.3 is 44.0 Å². The monoisotopic (exact) mass is 530 g/mol. The zero-order valence-corrected chi connectivity index (χ0v) is 20.1. The standard InChI is InChI=1S/C24H26N4O2.HI/c1-27(2)19-8-12-22-24(16-19)28(18-6-9-20(30-3)10-7-18)23-15-17(25-13-4-14-29)5-11-21(23)26-22;/h5-12,15-16,29H,4,13-14H2,1-3H3;1H. The Kier molecular flexibility index (Phi) is 7.50. The summed E-state index contributed by atoms with van der Waals surface area (Å²) in [5.74, 6) is 0.822. The number of fused-ring (bicyclic) bond motifs is 2. The number of hydrogen-bond donors (Lipinski definition) is 2. The molecule has 2 N–H and O–H groups in total. The molecule has 0 amide bonds. The maximum Gasteiger partial charge on any atom is 0.239 e. The van der Waals surface area contributed by atoms with Gasteiger partial charge in [0.25, 0.3) is 0 Å². The van der Waals surface area contributed by atoms with Crippen molar-refractivity contribution in [3.63, 3.8) is 0 Å². The Morgan fingerprint density at radius 1 is 0.968 bits per heavy atom. The zero-order chi connectivity index (χ0) is 21.1. The Morgan fingerprint density at radius 2 is 1.65 bits per heavy atom. The first-order chi connectivity index (χ1) is 14.6. The number of benzene rings is 3. The molecular weight excluding hydrogens is 503 g/mol. The molecule has 0 radical (unpaired) electrons. The number of anilines is 2. The van der Waals surface area contributed by atoms with Crippen molar-refractivity contribution in [2.45, 2.75) is 6.42 Å². The van der Waals surface area contributed by atoms with Crippen LogP contribution in [0.5, 0.6) is 5.75 Å². The molecule has 0 fully saturated rings. The number of nitrogens with one attached hydrogen (secondary N) is 1. The number of halogens is 1. The highest BCUT2D eigenvalue weighted by atomic mass is 127. The fourth-order valence-electron chi connectivity index (χ4n) is 3.55. The number of aliphatic hydroxyl groups is 1. The normalized spacial score (nSPS) is 10.7. The van der Waals surface area contributed by atoms with Crippen LogP contribution in [0.4, 0.5) is 11.4 Å². The summed E-state index contributed by atoms with van der Waals surface area (Å²) in [6.07, 6.45) is 0.707. The Hall–Kier alpha value is -2.65. The molecule has 7 heteroatoms. The van der Waals surface area contributed by atoms with E-state index in [0.29, 0.717) is 6.42 Å². The van der Waals surface area contributed by atoms with E-state index in [0.717, 1.165) is 51.4 Å². The van der Waals surface area contributed by atoms with Crippen molar-refractivity contribution in [3.05, 3.63) is 60.7 Å². The van der Waals surface area contributed by atoms with Gasteiger partial charge in [0.15, 0.2) is 0 Å². The second-order valence-electron chi connectivity index (χ2n) is 7.42. The summed E-state index contributed by atoms with van der Waals surface area (Å²) < 4.78 is 7.58. The van der Waals surface area contributed by atoms with Crippen LogP contribution in [-0.2, 0) is 0 Å². The molecule has 0 aliphatic rings. The molecule has 0 spiro atoms. The molecule has 3 aromatic carbocycles. The Balaban J connectivity index is 0.00000272. The predicted octanol–water partition coefficient (Wildman–Crippen LogP) is 0.538. The first kappa shape index (κ1) is 23.0. The van der Waals surface area contributed by atoms with Gasteiger partial charge in [-0.2, -0.15) is 0 Å². The van der Waals surface area contributed by atoms with Crippen molar-refractivity contribution >= 4 is 33.4 Å². The van der Waals surface area contributed by atoms with E-state index >= 15 is 0 Å². The van der Waals surface area contributed by atoms with Crippen LogP contribution in [0.3, 0.4) is 0 Å². The molecule has 4 rings (SSSR count). The van der Waals surface area contributed by atoms with E-state index in [1.54, 1.807) is 7.11 Å². The highest BCUT2D eigenvalue weighted by Crippen LogP contribution is 2.24. The number of hydrogen-bond acceptors (Lipinski definition) is 5. The molecule has 0 aliphatic carbocycles. The maximum absolute atomic E-state index is 9.07. The summed E-state index contributed by atoms with van der Waals surface area (Å²) in [4.78, 5) is 7.00. The predicted molar refractivity (Wildman–Crippen MR) is 122 cm³/mol. The third kappa shape index (κ3) is 4.83. The van der Waals surface area contributed by atoms with Crippen LogP contribution < -0.4 is 43.5 Å². The van der Waals surface area contributed by atoms with Crippen LogP contribution in [0.2, 0.25) is 0 Å². The smallest absolute Gasteiger partial charge is 0.239 e. The quantitative estimate of drug-likeness (QED) is 0.158. The van der Waals surface area contributed by atoms with E-state index < -0.39 is 0 Å².